The molecular weight excluding hydrogens is 444 g/mol. The summed E-state index contributed by atoms with van der Waals surface area (Å²) in [5.74, 6) is -0.936. The fourth-order valence-electron chi connectivity index (χ4n) is 2.17. The van der Waals surface area contributed by atoms with E-state index < -0.39 is 29.5 Å². The number of rotatable bonds is 17. The van der Waals surface area contributed by atoms with Crippen molar-refractivity contribution in [1.82, 2.24) is 0 Å². The number of esters is 2. The van der Waals surface area contributed by atoms with Crippen LogP contribution in [0, 0.1) is 0 Å². The molecule has 12 heteroatoms. The summed E-state index contributed by atoms with van der Waals surface area (Å²) in [6.07, 6.45) is 2.87. The van der Waals surface area contributed by atoms with Gasteiger partial charge in [0.05, 0.1) is 6.61 Å². The van der Waals surface area contributed by atoms with Gasteiger partial charge in [0.25, 0.3) is 0 Å². The lowest BCUT2D eigenvalue weighted by molar-refractivity contribution is -0.138. The van der Waals surface area contributed by atoms with Gasteiger partial charge in [0.15, 0.2) is 6.23 Å². The van der Waals surface area contributed by atoms with Crippen LogP contribution in [0.3, 0.4) is 0 Å². The molecule has 0 aliphatic carbocycles. The normalized spacial score (nSPS) is 11.2. The van der Waals surface area contributed by atoms with Gasteiger partial charge in [-0.2, -0.15) is 0 Å². The van der Waals surface area contributed by atoms with Gasteiger partial charge in [0.1, 0.15) is 0 Å². The van der Waals surface area contributed by atoms with Crippen LogP contribution < -0.4 is 0 Å². The summed E-state index contributed by atoms with van der Waals surface area (Å²) in [6, 6.07) is 0.646. The maximum Gasteiger partial charge on any atom is 0.539 e. The van der Waals surface area contributed by atoms with Crippen LogP contribution in [0.5, 0.6) is 0 Å². The smallest absolute Gasteiger partial charge is 0.463 e. The van der Waals surface area contributed by atoms with Gasteiger partial charge in [-0.05, 0) is 27.2 Å². The highest BCUT2D eigenvalue weighted by Gasteiger charge is 2.40. The first kappa shape index (κ1) is 31.8. The van der Waals surface area contributed by atoms with Crippen LogP contribution in [-0.4, -0.2) is 83.5 Å². The fourth-order valence-corrected chi connectivity index (χ4v) is 5.92. The number of hydrogen-bond acceptors (Lipinski definition) is 10. The summed E-state index contributed by atoms with van der Waals surface area (Å²) in [5, 5.41) is 0. The predicted octanol–water partition coefficient (Wildman–Crippen LogP) is 2.29. The molecule has 0 heterocycles. The van der Waals surface area contributed by atoms with E-state index in [0.717, 1.165) is 12.2 Å². The van der Waals surface area contributed by atoms with Gasteiger partial charge < -0.3 is 36.0 Å². The van der Waals surface area contributed by atoms with Crippen molar-refractivity contribution in [1.29, 1.82) is 0 Å². The predicted molar refractivity (Wildman–Crippen MR) is 119 cm³/mol. The Morgan fingerprint density at radius 1 is 0.742 bits per heavy atom. The van der Waals surface area contributed by atoms with Crippen molar-refractivity contribution in [3.8, 4) is 0 Å². The second-order valence-corrected chi connectivity index (χ2v) is 11.2. The number of ether oxygens (including phenoxy) is 2. The molecule has 0 aliphatic heterocycles. The second-order valence-electron chi connectivity index (χ2n) is 5.56. The van der Waals surface area contributed by atoms with Gasteiger partial charge >= 0.3 is 29.5 Å². The second kappa shape index (κ2) is 19.3. The highest BCUT2D eigenvalue weighted by atomic mass is 28.4. The molecule has 0 atom stereocenters. The summed E-state index contributed by atoms with van der Waals surface area (Å²) in [6.45, 7) is 14.3. The van der Waals surface area contributed by atoms with Crippen LogP contribution in [0.1, 0.15) is 27.2 Å². The third-order valence-corrected chi connectivity index (χ3v) is 9.14. The lowest BCUT2D eigenvalue weighted by atomic mass is 10.5. The zero-order valence-corrected chi connectivity index (χ0v) is 21.6. The van der Waals surface area contributed by atoms with E-state index >= 15 is 0 Å². The lowest BCUT2D eigenvalue weighted by Crippen LogP contribution is -2.48. The van der Waals surface area contributed by atoms with Crippen LogP contribution in [0.2, 0.25) is 6.04 Å². The van der Waals surface area contributed by atoms with Crippen molar-refractivity contribution >= 4 is 29.5 Å². The van der Waals surface area contributed by atoms with Crippen molar-refractivity contribution in [2.24, 2.45) is 0 Å². The number of hydrogen-bond donors (Lipinski definition) is 0. The number of carbonyl (C=O) groups is 2. The Hall–Kier alpha value is -1.39. The van der Waals surface area contributed by atoms with Gasteiger partial charge in [-0.15, -0.1) is 0 Å². The lowest BCUT2D eigenvalue weighted by Gasteiger charge is -2.28. The SMILES string of the molecule is C=CC(=O)OCCC[Si](OCC)(OCC)OCC.C=CC(=O)OC[Si](OC)(OC)OC. The maximum atomic E-state index is 10.9. The summed E-state index contributed by atoms with van der Waals surface area (Å²) in [4.78, 5) is 21.6. The molecule has 31 heavy (non-hydrogen) atoms. The molecule has 0 radical (unpaired) electrons. The highest BCUT2D eigenvalue weighted by molar-refractivity contribution is 6.61. The van der Waals surface area contributed by atoms with E-state index in [2.05, 4.69) is 13.2 Å². The Morgan fingerprint density at radius 3 is 1.52 bits per heavy atom. The van der Waals surface area contributed by atoms with E-state index in [1.165, 1.54) is 21.3 Å². The van der Waals surface area contributed by atoms with Crippen molar-refractivity contribution in [3.63, 3.8) is 0 Å². The minimum Gasteiger partial charge on any atom is -0.463 e. The molecule has 0 bridgehead atoms. The van der Waals surface area contributed by atoms with E-state index in [1.807, 2.05) is 20.8 Å². The van der Waals surface area contributed by atoms with E-state index in [0.29, 0.717) is 38.9 Å². The van der Waals surface area contributed by atoms with E-state index in [-0.39, 0.29) is 6.23 Å². The minimum atomic E-state index is -2.79. The molecule has 0 unspecified atom stereocenters. The molecule has 0 amide bonds. The molecule has 0 aromatic carbocycles. The number of carbonyl (C=O) groups excluding carboxylic acids is 2. The van der Waals surface area contributed by atoms with Crippen LogP contribution >= 0.6 is 0 Å². The topological polar surface area (TPSA) is 108 Å². The molecular formula is C19H38O10Si2. The largest absolute Gasteiger partial charge is 0.539 e. The van der Waals surface area contributed by atoms with Gasteiger partial charge in [0, 0.05) is 59.3 Å². The monoisotopic (exact) mass is 482 g/mol. The average molecular weight is 483 g/mol. The first-order chi connectivity index (χ1) is 14.8. The summed E-state index contributed by atoms with van der Waals surface area (Å²) < 4.78 is 41.8. The van der Waals surface area contributed by atoms with Gasteiger partial charge in [-0.1, -0.05) is 13.2 Å². The molecule has 0 saturated carbocycles. The molecule has 0 rings (SSSR count). The Kier molecular flexibility index (Phi) is 19.8. The first-order valence-corrected chi connectivity index (χ1v) is 13.8. The third kappa shape index (κ3) is 14.3. The fraction of sp³-hybridized carbons (Fsp3) is 0.684. The van der Waals surface area contributed by atoms with Gasteiger partial charge in [0.2, 0.25) is 0 Å². The quantitative estimate of drug-likeness (QED) is 0.133. The zero-order chi connectivity index (χ0) is 24.2. The molecule has 182 valence electrons. The van der Waals surface area contributed by atoms with Crippen molar-refractivity contribution in [2.75, 3.05) is 54.0 Å². The molecule has 0 fully saturated rings. The summed E-state index contributed by atoms with van der Waals surface area (Å²) >= 11 is 0. The molecule has 0 N–H and O–H groups in total. The van der Waals surface area contributed by atoms with Crippen molar-refractivity contribution in [3.05, 3.63) is 25.3 Å². The Balaban J connectivity index is 0. The van der Waals surface area contributed by atoms with Crippen LogP contribution in [0.4, 0.5) is 0 Å². The minimum absolute atomic E-state index is 0.0125. The third-order valence-electron chi connectivity index (χ3n) is 3.62. The van der Waals surface area contributed by atoms with E-state index in [4.69, 9.17) is 36.0 Å². The standard InChI is InChI=1S/C12H24O5Si.C7H14O5Si/c1-5-12(13)14-10-9-11-18(15-6-2,16-7-3)17-8-4;1-5-7(8)12-6-13(9-2,10-3)11-4/h5H,1,6-11H2,2-4H3;5H,1,6H2,2-4H3. The summed E-state index contributed by atoms with van der Waals surface area (Å²) in [7, 11) is -1.05. The van der Waals surface area contributed by atoms with Crippen LogP contribution in [-0.2, 0) is 45.6 Å². The molecule has 0 aromatic heterocycles. The van der Waals surface area contributed by atoms with Gasteiger partial charge in [-0.3, -0.25) is 0 Å². The average Bonchev–Trinajstić information content (AvgIpc) is 2.78. The maximum absolute atomic E-state index is 10.9. The summed E-state index contributed by atoms with van der Waals surface area (Å²) in [5.41, 5.74) is 0. The van der Waals surface area contributed by atoms with E-state index in [9.17, 15) is 9.59 Å². The Bertz CT molecular complexity index is 487. The molecule has 0 saturated heterocycles. The molecule has 0 aromatic rings. The highest BCUT2D eigenvalue weighted by Crippen LogP contribution is 2.18. The Labute approximate surface area is 188 Å². The first-order valence-electron chi connectivity index (χ1n) is 9.93. The van der Waals surface area contributed by atoms with Crippen LogP contribution in [0.15, 0.2) is 25.3 Å². The molecule has 0 aliphatic rings. The van der Waals surface area contributed by atoms with Gasteiger partial charge in [-0.25, -0.2) is 9.59 Å². The van der Waals surface area contributed by atoms with Crippen molar-refractivity contribution in [2.45, 2.75) is 33.2 Å². The van der Waals surface area contributed by atoms with Crippen LogP contribution in [0.25, 0.3) is 0 Å². The molecule has 10 nitrogen and oxygen atoms in total. The Morgan fingerprint density at radius 2 is 1.16 bits per heavy atom. The van der Waals surface area contributed by atoms with E-state index in [1.54, 1.807) is 0 Å². The van der Waals surface area contributed by atoms with Crippen molar-refractivity contribution < 1.29 is 45.6 Å². The zero-order valence-electron chi connectivity index (χ0n) is 19.6. The molecule has 0 spiro atoms.